The molecule has 0 atom stereocenters. The summed E-state index contributed by atoms with van der Waals surface area (Å²) in [6.45, 7) is 6.14. The number of hydrogen-bond acceptors (Lipinski definition) is 2. The molecule has 0 aliphatic rings. The van der Waals surface area contributed by atoms with Gasteiger partial charge in [0.25, 0.3) is 0 Å². The van der Waals surface area contributed by atoms with E-state index in [1.165, 1.54) is 141 Å². The average Bonchev–Trinajstić information content (AvgIpc) is 3.34. The van der Waals surface area contributed by atoms with Gasteiger partial charge in [-0.25, -0.2) is 0 Å². The smallest absolute Gasteiger partial charge is 0.306 e. The van der Waals surface area contributed by atoms with Crippen LogP contribution in [0.3, 0.4) is 0 Å². The Labute approximate surface area is 225 Å². The first-order valence-electron chi connectivity index (χ1n) is 16.1. The lowest BCUT2D eigenvalue weighted by Crippen LogP contribution is -2.09. The molecule has 0 unspecified atom stereocenters. The predicted molar refractivity (Wildman–Crippen MR) is 157 cm³/mol. The highest BCUT2D eigenvalue weighted by atomic mass is 16.5. The predicted octanol–water partition coefficient (Wildman–Crippen LogP) is 10.6. The van der Waals surface area contributed by atoms with Crippen LogP contribution in [0.4, 0.5) is 0 Å². The van der Waals surface area contributed by atoms with Crippen molar-refractivity contribution in [3.05, 3.63) is 24.0 Å². The fourth-order valence-electron chi connectivity index (χ4n) is 5.07. The van der Waals surface area contributed by atoms with E-state index in [1.54, 1.807) is 0 Å². The number of rotatable bonds is 27. The molecule has 3 nitrogen and oxygen atoms in total. The van der Waals surface area contributed by atoms with Crippen LogP contribution in [-0.4, -0.2) is 17.1 Å². The van der Waals surface area contributed by atoms with Crippen molar-refractivity contribution in [1.29, 1.82) is 0 Å². The van der Waals surface area contributed by atoms with E-state index >= 15 is 0 Å². The lowest BCUT2D eigenvalue weighted by molar-refractivity contribution is -0.143. The molecule has 0 radical (unpaired) electrons. The van der Waals surface area contributed by atoms with Crippen LogP contribution >= 0.6 is 0 Å². The first kappa shape index (κ1) is 32.8. The van der Waals surface area contributed by atoms with Gasteiger partial charge in [-0.05, 0) is 31.4 Å². The maximum absolute atomic E-state index is 12.0. The first-order valence-corrected chi connectivity index (χ1v) is 16.1. The Kier molecular flexibility index (Phi) is 23.1. The Morgan fingerprint density at radius 3 is 1.56 bits per heavy atom. The lowest BCUT2D eigenvalue weighted by Gasteiger charge is -2.09. The van der Waals surface area contributed by atoms with Crippen molar-refractivity contribution < 1.29 is 9.53 Å². The Morgan fingerprint density at radius 2 is 1.08 bits per heavy atom. The summed E-state index contributed by atoms with van der Waals surface area (Å²) >= 11 is 0. The molecule has 0 aliphatic heterocycles. The van der Waals surface area contributed by atoms with Gasteiger partial charge in [-0.1, -0.05) is 142 Å². The topological polar surface area (TPSA) is 31.2 Å². The average molecular weight is 504 g/mol. The van der Waals surface area contributed by atoms with Gasteiger partial charge in [0, 0.05) is 18.4 Å². The second-order valence-corrected chi connectivity index (χ2v) is 11.0. The molecule has 1 rings (SSSR count). The first-order chi connectivity index (χ1) is 17.8. The summed E-state index contributed by atoms with van der Waals surface area (Å²) in [6.07, 6.45) is 33.5. The number of carbonyl (C=O) groups excluding carboxylic acids is 1. The molecule has 0 fully saturated rings. The van der Waals surface area contributed by atoms with E-state index in [-0.39, 0.29) is 5.97 Å². The normalized spacial score (nSPS) is 11.3. The van der Waals surface area contributed by atoms with Crippen LogP contribution in [0, 0.1) is 0 Å². The van der Waals surface area contributed by atoms with Gasteiger partial charge in [-0.15, -0.1) is 0 Å². The van der Waals surface area contributed by atoms with Crippen LogP contribution in [0.25, 0.3) is 0 Å². The summed E-state index contributed by atoms with van der Waals surface area (Å²) in [7, 11) is 0. The van der Waals surface area contributed by atoms with Crippen molar-refractivity contribution in [3.63, 3.8) is 0 Å². The Bertz CT molecular complexity index is 594. The van der Waals surface area contributed by atoms with Crippen molar-refractivity contribution >= 4 is 5.97 Å². The monoisotopic (exact) mass is 503 g/mol. The molecule has 0 aromatic carbocycles. The van der Waals surface area contributed by atoms with Gasteiger partial charge < -0.3 is 9.30 Å². The molecule has 0 aliphatic carbocycles. The van der Waals surface area contributed by atoms with E-state index in [4.69, 9.17) is 4.74 Å². The van der Waals surface area contributed by atoms with Gasteiger partial charge in [0.2, 0.25) is 0 Å². The molecule has 0 saturated carbocycles. The number of esters is 1. The second-order valence-electron chi connectivity index (χ2n) is 11.0. The van der Waals surface area contributed by atoms with Crippen LogP contribution in [0.2, 0.25) is 0 Å². The zero-order valence-electron chi connectivity index (χ0n) is 24.4. The summed E-state index contributed by atoms with van der Waals surface area (Å²) in [4.78, 5) is 12.0. The highest BCUT2D eigenvalue weighted by Gasteiger charge is 2.07. The van der Waals surface area contributed by atoms with Gasteiger partial charge in [0.05, 0.1) is 13.0 Å². The number of nitrogens with zero attached hydrogens (tertiary/aromatic N) is 1. The molecule has 210 valence electrons. The molecule has 36 heavy (non-hydrogen) atoms. The molecule has 0 bridgehead atoms. The minimum absolute atomic E-state index is 0.0453. The molecule has 1 aromatic rings. The highest BCUT2D eigenvalue weighted by molar-refractivity contribution is 5.69. The molecule has 0 saturated heterocycles. The maximum Gasteiger partial charge on any atom is 0.306 e. The summed E-state index contributed by atoms with van der Waals surface area (Å²) < 4.78 is 7.72. The molecular formula is C33H61NO2. The minimum atomic E-state index is -0.0453. The number of carbonyl (C=O) groups is 1. The number of hydrogen-bond donors (Lipinski definition) is 0. The number of aromatic nitrogens is 1. The Morgan fingerprint density at radius 1 is 0.639 bits per heavy atom. The van der Waals surface area contributed by atoms with E-state index in [0.717, 1.165) is 19.4 Å². The molecular weight excluding hydrogens is 442 g/mol. The third-order valence-corrected chi connectivity index (χ3v) is 7.52. The fourth-order valence-corrected chi connectivity index (χ4v) is 5.07. The van der Waals surface area contributed by atoms with Crippen molar-refractivity contribution in [1.82, 2.24) is 4.57 Å². The molecule has 1 heterocycles. The van der Waals surface area contributed by atoms with Crippen LogP contribution < -0.4 is 0 Å². The van der Waals surface area contributed by atoms with Gasteiger partial charge in [-0.2, -0.15) is 0 Å². The fraction of sp³-hybridized carbons (Fsp3) is 0.848. The lowest BCUT2D eigenvalue weighted by atomic mass is 10.0. The molecule has 0 amide bonds. The van der Waals surface area contributed by atoms with Gasteiger partial charge in [-0.3, -0.25) is 4.79 Å². The summed E-state index contributed by atoms with van der Waals surface area (Å²) in [5, 5.41) is 0. The van der Waals surface area contributed by atoms with E-state index in [9.17, 15) is 4.79 Å². The number of ether oxygens (including phenoxy) is 1. The molecule has 0 N–H and O–H groups in total. The van der Waals surface area contributed by atoms with Crippen molar-refractivity contribution in [2.75, 3.05) is 6.61 Å². The van der Waals surface area contributed by atoms with E-state index < -0.39 is 0 Å². The maximum atomic E-state index is 12.0. The SMILES string of the molecule is CCCCCCCCCCCCCCCCCCCCCCOC(=O)CCc1cccn1CCCC. The molecule has 3 heteroatoms. The van der Waals surface area contributed by atoms with Crippen LogP contribution in [0.1, 0.15) is 167 Å². The standard InChI is InChI=1S/C33H61NO2/c1-3-5-7-8-9-10-11-12-13-14-15-16-17-18-19-20-21-22-23-24-31-36-33(35)28-27-32-26-25-30-34(32)29-6-4-2/h25-26,30H,3-24,27-29,31H2,1-2H3. The van der Waals surface area contributed by atoms with Crippen molar-refractivity contribution in [2.45, 2.75) is 174 Å². The molecule has 1 aromatic heterocycles. The molecule has 0 spiro atoms. The quantitative estimate of drug-likeness (QED) is 0.0882. The van der Waals surface area contributed by atoms with Crippen molar-refractivity contribution in [2.24, 2.45) is 0 Å². The number of unbranched alkanes of at least 4 members (excludes halogenated alkanes) is 20. The van der Waals surface area contributed by atoms with Crippen LogP contribution in [-0.2, 0) is 22.5 Å². The minimum Gasteiger partial charge on any atom is -0.466 e. The van der Waals surface area contributed by atoms with Crippen LogP contribution in [0.15, 0.2) is 18.3 Å². The van der Waals surface area contributed by atoms with Crippen molar-refractivity contribution in [3.8, 4) is 0 Å². The summed E-state index contributed by atoms with van der Waals surface area (Å²) in [5.41, 5.74) is 1.25. The van der Waals surface area contributed by atoms with E-state index in [0.29, 0.717) is 13.0 Å². The van der Waals surface area contributed by atoms with Gasteiger partial charge >= 0.3 is 5.97 Å². The largest absolute Gasteiger partial charge is 0.466 e. The summed E-state index contributed by atoms with van der Waals surface area (Å²) in [5.74, 6) is -0.0453. The van der Waals surface area contributed by atoms with E-state index in [2.05, 4.69) is 36.7 Å². The second kappa shape index (κ2) is 25.4. The Balaban J connectivity index is 1.77. The third-order valence-electron chi connectivity index (χ3n) is 7.52. The highest BCUT2D eigenvalue weighted by Crippen LogP contribution is 2.15. The van der Waals surface area contributed by atoms with Gasteiger partial charge in [0.1, 0.15) is 0 Å². The Hall–Kier alpha value is -1.25. The summed E-state index contributed by atoms with van der Waals surface area (Å²) in [6, 6.07) is 4.21. The zero-order chi connectivity index (χ0) is 25.9. The number of aryl methyl sites for hydroxylation is 2. The van der Waals surface area contributed by atoms with E-state index in [1.807, 2.05) is 0 Å². The van der Waals surface area contributed by atoms with Crippen LogP contribution in [0.5, 0.6) is 0 Å². The third kappa shape index (κ3) is 19.9. The zero-order valence-corrected chi connectivity index (χ0v) is 24.4. The van der Waals surface area contributed by atoms with Gasteiger partial charge in [0.15, 0.2) is 0 Å².